The van der Waals surface area contributed by atoms with Gasteiger partial charge < -0.3 is 16.0 Å². The number of likely N-dealkylation sites (tertiary alicyclic amines) is 1. The standard InChI is InChI=1S/C12H20N4O3/c1-7(8(2)13)9(17)16-5-3-12(4-6-16)10(18)14-11(19)15-12/h7-8H,3-6,13H2,1-2H3,(H2,14,15,18,19). The highest BCUT2D eigenvalue weighted by Crippen LogP contribution is 2.26. The number of hydrogen-bond acceptors (Lipinski definition) is 4. The van der Waals surface area contributed by atoms with Crippen LogP contribution in [0.2, 0.25) is 0 Å². The summed E-state index contributed by atoms with van der Waals surface area (Å²) in [6.45, 7) is 4.53. The van der Waals surface area contributed by atoms with Crippen molar-refractivity contribution in [3.05, 3.63) is 0 Å². The van der Waals surface area contributed by atoms with Gasteiger partial charge in [-0.2, -0.15) is 0 Å². The molecule has 1 spiro atoms. The summed E-state index contributed by atoms with van der Waals surface area (Å²) < 4.78 is 0. The number of nitrogens with two attached hydrogens (primary N) is 1. The zero-order chi connectivity index (χ0) is 14.2. The normalized spacial score (nSPS) is 24.9. The molecule has 0 aromatic carbocycles. The fourth-order valence-corrected chi connectivity index (χ4v) is 2.50. The summed E-state index contributed by atoms with van der Waals surface area (Å²) >= 11 is 0. The molecule has 2 heterocycles. The maximum atomic E-state index is 12.1. The molecule has 2 aliphatic rings. The molecule has 0 bridgehead atoms. The van der Waals surface area contributed by atoms with E-state index in [-0.39, 0.29) is 23.8 Å². The average Bonchev–Trinajstić information content (AvgIpc) is 2.63. The Labute approximate surface area is 111 Å². The van der Waals surface area contributed by atoms with Gasteiger partial charge in [-0.1, -0.05) is 6.92 Å². The summed E-state index contributed by atoms with van der Waals surface area (Å²) in [6.07, 6.45) is 0.893. The Bertz CT molecular complexity index is 413. The maximum absolute atomic E-state index is 12.1. The minimum Gasteiger partial charge on any atom is -0.342 e. The molecule has 19 heavy (non-hydrogen) atoms. The monoisotopic (exact) mass is 268 g/mol. The van der Waals surface area contributed by atoms with Crippen LogP contribution >= 0.6 is 0 Å². The molecule has 0 aromatic heterocycles. The van der Waals surface area contributed by atoms with E-state index in [2.05, 4.69) is 10.6 Å². The Hall–Kier alpha value is -1.63. The van der Waals surface area contributed by atoms with Crippen molar-refractivity contribution in [2.45, 2.75) is 38.3 Å². The molecule has 106 valence electrons. The van der Waals surface area contributed by atoms with E-state index >= 15 is 0 Å². The highest BCUT2D eigenvalue weighted by atomic mass is 16.2. The van der Waals surface area contributed by atoms with Crippen LogP contribution in [0.15, 0.2) is 0 Å². The van der Waals surface area contributed by atoms with Crippen molar-refractivity contribution < 1.29 is 14.4 Å². The van der Waals surface area contributed by atoms with E-state index in [1.165, 1.54) is 0 Å². The molecule has 0 aromatic rings. The molecule has 0 saturated carbocycles. The summed E-state index contributed by atoms with van der Waals surface area (Å²) in [7, 11) is 0. The lowest BCUT2D eigenvalue weighted by atomic mass is 9.87. The average molecular weight is 268 g/mol. The minimum absolute atomic E-state index is 0.00887. The number of carbonyl (C=O) groups is 3. The first kappa shape index (κ1) is 13.8. The molecule has 7 nitrogen and oxygen atoms in total. The molecule has 7 heteroatoms. The highest BCUT2D eigenvalue weighted by Gasteiger charge is 2.48. The van der Waals surface area contributed by atoms with Gasteiger partial charge in [-0.05, 0) is 19.8 Å². The van der Waals surface area contributed by atoms with Gasteiger partial charge in [0, 0.05) is 19.1 Å². The summed E-state index contributed by atoms with van der Waals surface area (Å²) in [5.41, 5.74) is 4.90. The minimum atomic E-state index is -0.828. The van der Waals surface area contributed by atoms with Crippen molar-refractivity contribution >= 4 is 17.8 Å². The summed E-state index contributed by atoms with van der Waals surface area (Å²) in [5, 5.41) is 4.92. The van der Waals surface area contributed by atoms with Gasteiger partial charge in [-0.3, -0.25) is 14.9 Å². The second-order valence-electron chi connectivity index (χ2n) is 5.46. The summed E-state index contributed by atoms with van der Waals surface area (Å²) in [6, 6.07) is -0.647. The van der Waals surface area contributed by atoms with Crippen molar-refractivity contribution in [2.24, 2.45) is 11.7 Å². The van der Waals surface area contributed by atoms with Gasteiger partial charge in [-0.15, -0.1) is 0 Å². The lowest BCUT2D eigenvalue weighted by Crippen LogP contribution is -2.57. The van der Waals surface area contributed by atoms with Gasteiger partial charge in [0.2, 0.25) is 5.91 Å². The summed E-state index contributed by atoms with van der Waals surface area (Å²) in [5.74, 6) is -0.513. The highest BCUT2D eigenvalue weighted by molar-refractivity contribution is 6.07. The molecular formula is C12H20N4O3. The van der Waals surface area contributed by atoms with Crippen LogP contribution in [0.1, 0.15) is 26.7 Å². The molecule has 2 atom stereocenters. The molecule has 0 aliphatic carbocycles. The number of hydrogen-bond donors (Lipinski definition) is 3. The van der Waals surface area contributed by atoms with Gasteiger partial charge in [0.05, 0.1) is 5.92 Å². The van der Waals surface area contributed by atoms with Crippen LogP contribution in [0.25, 0.3) is 0 Å². The van der Waals surface area contributed by atoms with Crippen LogP contribution in [0, 0.1) is 5.92 Å². The third kappa shape index (κ3) is 2.42. The number of rotatable bonds is 2. The number of amides is 4. The van der Waals surface area contributed by atoms with Gasteiger partial charge in [-0.25, -0.2) is 4.79 Å². The first-order valence-corrected chi connectivity index (χ1v) is 6.54. The molecule has 2 rings (SSSR count). The van der Waals surface area contributed by atoms with Crippen molar-refractivity contribution in [2.75, 3.05) is 13.1 Å². The van der Waals surface area contributed by atoms with E-state index in [1.54, 1.807) is 18.7 Å². The number of imide groups is 1. The van der Waals surface area contributed by atoms with E-state index in [9.17, 15) is 14.4 Å². The van der Waals surface area contributed by atoms with Gasteiger partial charge >= 0.3 is 6.03 Å². The zero-order valence-electron chi connectivity index (χ0n) is 11.2. The van der Waals surface area contributed by atoms with E-state index < -0.39 is 11.6 Å². The fourth-order valence-electron chi connectivity index (χ4n) is 2.50. The van der Waals surface area contributed by atoms with E-state index in [1.807, 2.05) is 0 Å². The Kier molecular flexibility index (Phi) is 3.49. The van der Waals surface area contributed by atoms with Crippen LogP contribution < -0.4 is 16.4 Å². The zero-order valence-corrected chi connectivity index (χ0v) is 11.2. The molecule has 0 radical (unpaired) electrons. The lowest BCUT2D eigenvalue weighted by molar-refractivity contribution is -0.139. The topological polar surface area (TPSA) is 105 Å². The van der Waals surface area contributed by atoms with Gasteiger partial charge in [0.1, 0.15) is 5.54 Å². The quantitative estimate of drug-likeness (QED) is 0.568. The van der Waals surface area contributed by atoms with E-state index in [4.69, 9.17) is 5.73 Å². The molecule has 4 N–H and O–H groups in total. The second-order valence-corrected chi connectivity index (χ2v) is 5.46. The molecule has 2 fully saturated rings. The summed E-state index contributed by atoms with van der Waals surface area (Å²) in [4.78, 5) is 36.8. The molecule has 4 amide bonds. The first-order chi connectivity index (χ1) is 8.85. The second kappa shape index (κ2) is 4.80. The van der Waals surface area contributed by atoms with Crippen LogP contribution in [0.5, 0.6) is 0 Å². The molecule has 2 saturated heterocycles. The predicted octanol–water partition coefficient (Wildman–Crippen LogP) is -0.830. The third-order valence-corrected chi connectivity index (χ3v) is 4.12. The Morgan fingerprint density at radius 2 is 1.89 bits per heavy atom. The third-order valence-electron chi connectivity index (χ3n) is 4.12. The number of urea groups is 1. The fraction of sp³-hybridized carbons (Fsp3) is 0.750. The van der Waals surface area contributed by atoms with E-state index in [0.29, 0.717) is 25.9 Å². The Balaban J connectivity index is 1.98. The van der Waals surface area contributed by atoms with Crippen LogP contribution in [-0.2, 0) is 9.59 Å². The van der Waals surface area contributed by atoms with E-state index in [0.717, 1.165) is 0 Å². The predicted molar refractivity (Wildman–Crippen MR) is 68.0 cm³/mol. The van der Waals surface area contributed by atoms with Gasteiger partial charge in [0.15, 0.2) is 0 Å². The van der Waals surface area contributed by atoms with Crippen LogP contribution in [0.4, 0.5) is 4.79 Å². The smallest absolute Gasteiger partial charge is 0.322 e. The molecule has 2 aliphatic heterocycles. The molecular weight excluding hydrogens is 248 g/mol. The number of carbonyl (C=O) groups excluding carboxylic acids is 3. The van der Waals surface area contributed by atoms with Crippen molar-refractivity contribution in [1.29, 1.82) is 0 Å². The lowest BCUT2D eigenvalue weighted by Gasteiger charge is -2.38. The van der Waals surface area contributed by atoms with Crippen LogP contribution in [-0.4, -0.2) is 47.4 Å². The van der Waals surface area contributed by atoms with Gasteiger partial charge in [0.25, 0.3) is 5.91 Å². The van der Waals surface area contributed by atoms with Crippen molar-refractivity contribution in [3.63, 3.8) is 0 Å². The number of nitrogens with one attached hydrogen (secondary N) is 2. The number of piperidine rings is 1. The van der Waals surface area contributed by atoms with Crippen molar-refractivity contribution in [3.8, 4) is 0 Å². The Morgan fingerprint density at radius 3 is 2.32 bits per heavy atom. The van der Waals surface area contributed by atoms with Crippen molar-refractivity contribution in [1.82, 2.24) is 15.5 Å². The van der Waals surface area contributed by atoms with Crippen LogP contribution in [0.3, 0.4) is 0 Å². The maximum Gasteiger partial charge on any atom is 0.322 e. The molecule has 2 unspecified atom stereocenters. The largest absolute Gasteiger partial charge is 0.342 e. The first-order valence-electron chi connectivity index (χ1n) is 6.54. The SMILES string of the molecule is CC(N)C(C)C(=O)N1CCC2(CC1)NC(=O)NC2=O. The Morgan fingerprint density at radius 1 is 1.32 bits per heavy atom. The number of nitrogens with zero attached hydrogens (tertiary/aromatic N) is 1.